The topological polar surface area (TPSA) is 49.4 Å². The van der Waals surface area contributed by atoms with Crippen molar-refractivity contribution in [2.75, 3.05) is 6.54 Å². The van der Waals surface area contributed by atoms with Crippen LogP contribution in [0, 0.1) is 11.7 Å². The van der Waals surface area contributed by atoms with Gasteiger partial charge < -0.3 is 10.2 Å². The molecule has 0 aromatic heterocycles. The van der Waals surface area contributed by atoms with Gasteiger partial charge in [0.25, 0.3) is 0 Å². The fourth-order valence-corrected chi connectivity index (χ4v) is 3.96. The third kappa shape index (κ3) is 3.90. The van der Waals surface area contributed by atoms with E-state index in [2.05, 4.69) is 21.2 Å². The Balaban J connectivity index is 1.58. The Kier molecular flexibility index (Phi) is 5.00. The summed E-state index contributed by atoms with van der Waals surface area (Å²) in [6.45, 7) is 0.458. The van der Waals surface area contributed by atoms with Gasteiger partial charge in [0.15, 0.2) is 0 Å². The molecule has 2 aromatic carbocycles. The highest BCUT2D eigenvalue weighted by atomic mass is 79.9. The Morgan fingerprint density at radius 2 is 1.93 bits per heavy atom. The Hall–Kier alpha value is -2.21. The van der Waals surface area contributed by atoms with Crippen LogP contribution in [0.25, 0.3) is 0 Å². The van der Waals surface area contributed by atoms with E-state index < -0.39 is 6.04 Å². The first-order valence-corrected chi connectivity index (χ1v) is 9.92. The Morgan fingerprint density at radius 3 is 2.59 bits per heavy atom. The first kappa shape index (κ1) is 18.2. The van der Waals surface area contributed by atoms with E-state index in [4.69, 9.17) is 0 Å². The molecule has 1 saturated heterocycles. The van der Waals surface area contributed by atoms with Crippen LogP contribution in [0.1, 0.15) is 36.4 Å². The molecule has 1 N–H and O–H groups in total. The van der Waals surface area contributed by atoms with Gasteiger partial charge >= 0.3 is 0 Å². The molecule has 1 heterocycles. The van der Waals surface area contributed by atoms with Gasteiger partial charge in [-0.3, -0.25) is 9.59 Å². The molecule has 4 nitrogen and oxygen atoms in total. The molecule has 2 amide bonds. The van der Waals surface area contributed by atoms with Gasteiger partial charge in [0.2, 0.25) is 11.8 Å². The van der Waals surface area contributed by atoms with Crippen molar-refractivity contribution in [1.82, 2.24) is 10.2 Å². The number of likely N-dealkylation sites (tertiary alicyclic amines) is 1. The standard InChI is InChI=1S/C21H20BrFN2O2/c22-15-6-9-17(18(23)11-15)20(13-4-2-1-3-5-13)24-21(27)14-10-19(26)25(12-14)16-7-8-16/h1-6,9,11,14,16,20H,7-8,10,12H2,(H,24,27). The molecule has 1 saturated carbocycles. The fraction of sp³-hybridized carbons (Fsp3) is 0.333. The molecule has 6 heteroatoms. The molecule has 0 radical (unpaired) electrons. The number of rotatable bonds is 5. The summed E-state index contributed by atoms with van der Waals surface area (Å²) in [5, 5.41) is 2.98. The summed E-state index contributed by atoms with van der Waals surface area (Å²) in [6, 6.07) is 13.9. The van der Waals surface area contributed by atoms with Crippen molar-refractivity contribution in [1.29, 1.82) is 0 Å². The molecular formula is C21H20BrFN2O2. The van der Waals surface area contributed by atoms with Crippen molar-refractivity contribution >= 4 is 27.7 Å². The van der Waals surface area contributed by atoms with Gasteiger partial charge in [-0.2, -0.15) is 0 Å². The minimum Gasteiger partial charge on any atom is -0.345 e. The molecule has 27 heavy (non-hydrogen) atoms. The number of benzene rings is 2. The third-order valence-corrected chi connectivity index (χ3v) is 5.70. The first-order valence-electron chi connectivity index (χ1n) is 9.12. The Labute approximate surface area is 165 Å². The molecule has 4 rings (SSSR count). The average molecular weight is 431 g/mol. The van der Waals surface area contributed by atoms with Crippen LogP contribution in [0.2, 0.25) is 0 Å². The summed E-state index contributed by atoms with van der Waals surface area (Å²) < 4.78 is 15.3. The second kappa shape index (κ2) is 7.43. The van der Waals surface area contributed by atoms with Crippen molar-refractivity contribution in [3.63, 3.8) is 0 Å². The van der Waals surface area contributed by atoms with Crippen LogP contribution >= 0.6 is 15.9 Å². The van der Waals surface area contributed by atoms with Gasteiger partial charge in [-0.25, -0.2) is 4.39 Å². The van der Waals surface area contributed by atoms with Gasteiger partial charge in [-0.15, -0.1) is 0 Å². The second-order valence-electron chi connectivity index (χ2n) is 7.20. The molecule has 0 spiro atoms. The molecule has 2 aromatic rings. The van der Waals surface area contributed by atoms with Crippen LogP contribution in [0.4, 0.5) is 4.39 Å². The van der Waals surface area contributed by atoms with E-state index in [1.54, 1.807) is 12.1 Å². The summed E-state index contributed by atoms with van der Waals surface area (Å²) in [7, 11) is 0. The highest BCUT2D eigenvalue weighted by Gasteiger charge is 2.42. The van der Waals surface area contributed by atoms with Gasteiger partial charge in [0, 0.05) is 29.0 Å². The zero-order valence-corrected chi connectivity index (χ0v) is 16.3. The zero-order valence-electron chi connectivity index (χ0n) is 14.7. The summed E-state index contributed by atoms with van der Waals surface area (Å²) in [6.07, 6.45) is 2.28. The Bertz CT molecular complexity index is 870. The number of carbonyl (C=O) groups is 2. The van der Waals surface area contributed by atoms with Gasteiger partial charge in [-0.1, -0.05) is 52.3 Å². The molecule has 140 valence electrons. The van der Waals surface area contributed by atoms with Crippen LogP contribution in [0.5, 0.6) is 0 Å². The molecule has 2 aliphatic rings. The lowest BCUT2D eigenvalue weighted by molar-refractivity contribution is -0.129. The predicted octanol–water partition coefficient (Wildman–Crippen LogP) is 3.80. The largest absolute Gasteiger partial charge is 0.345 e. The van der Waals surface area contributed by atoms with Crippen LogP contribution in [-0.4, -0.2) is 29.3 Å². The highest BCUT2D eigenvalue weighted by Crippen LogP contribution is 2.33. The zero-order chi connectivity index (χ0) is 19.0. The monoisotopic (exact) mass is 430 g/mol. The minimum atomic E-state index is -0.600. The number of amides is 2. The van der Waals surface area contributed by atoms with E-state index in [0.717, 1.165) is 18.4 Å². The van der Waals surface area contributed by atoms with E-state index in [0.29, 0.717) is 22.6 Å². The van der Waals surface area contributed by atoms with Gasteiger partial charge in [0.1, 0.15) is 5.82 Å². The third-order valence-electron chi connectivity index (χ3n) is 5.21. The molecule has 0 bridgehead atoms. The maximum absolute atomic E-state index is 14.6. The van der Waals surface area contributed by atoms with Gasteiger partial charge in [-0.05, 0) is 30.5 Å². The maximum Gasteiger partial charge on any atom is 0.226 e. The van der Waals surface area contributed by atoms with Crippen LogP contribution in [0.3, 0.4) is 0 Å². The second-order valence-corrected chi connectivity index (χ2v) is 8.11. The molecule has 1 aliphatic heterocycles. The highest BCUT2D eigenvalue weighted by molar-refractivity contribution is 9.10. The number of halogens is 2. The number of carbonyl (C=O) groups excluding carboxylic acids is 2. The molecule has 2 unspecified atom stereocenters. The van der Waals surface area contributed by atoms with E-state index in [-0.39, 0.29) is 30.0 Å². The summed E-state index contributed by atoms with van der Waals surface area (Å²) >= 11 is 3.27. The van der Waals surface area contributed by atoms with E-state index >= 15 is 0 Å². The van der Waals surface area contributed by atoms with Crippen molar-refractivity contribution in [3.05, 3.63) is 69.9 Å². The molecular weight excluding hydrogens is 411 g/mol. The number of hydrogen-bond acceptors (Lipinski definition) is 2. The number of nitrogens with one attached hydrogen (secondary N) is 1. The Morgan fingerprint density at radius 1 is 1.19 bits per heavy atom. The normalized spacial score (nSPS) is 20.6. The fourth-order valence-electron chi connectivity index (χ4n) is 3.63. The number of hydrogen-bond donors (Lipinski definition) is 1. The lowest BCUT2D eigenvalue weighted by atomic mass is 9.97. The SMILES string of the molecule is O=C(NC(c1ccccc1)c1ccc(Br)cc1F)C1CC(=O)N(C2CC2)C1. The molecule has 2 atom stereocenters. The van der Waals surface area contributed by atoms with Crippen LogP contribution in [-0.2, 0) is 9.59 Å². The minimum absolute atomic E-state index is 0.0451. The maximum atomic E-state index is 14.6. The molecule has 1 aliphatic carbocycles. The van der Waals surface area contributed by atoms with Crippen molar-refractivity contribution in [2.45, 2.75) is 31.3 Å². The predicted molar refractivity (Wildman–Crippen MR) is 103 cm³/mol. The van der Waals surface area contributed by atoms with Crippen molar-refractivity contribution in [2.24, 2.45) is 5.92 Å². The van der Waals surface area contributed by atoms with E-state index in [9.17, 15) is 14.0 Å². The summed E-state index contributed by atoms with van der Waals surface area (Å²) in [4.78, 5) is 26.9. The smallest absolute Gasteiger partial charge is 0.226 e. The van der Waals surface area contributed by atoms with Crippen molar-refractivity contribution in [3.8, 4) is 0 Å². The van der Waals surface area contributed by atoms with E-state index in [1.165, 1.54) is 6.07 Å². The van der Waals surface area contributed by atoms with Gasteiger partial charge in [0.05, 0.1) is 12.0 Å². The van der Waals surface area contributed by atoms with E-state index in [1.807, 2.05) is 35.2 Å². The molecule has 2 fully saturated rings. The van der Waals surface area contributed by atoms with Crippen molar-refractivity contribution < 1.29 is 14.0 Å². The van der Waals surface area contributed by atoms with Crippen LogP contribution in [0.15, 0.2) is 53.0 Å². The summed E-state index contributed by atoms with van der Waals surface area (Å²) in [5.74, 6) is -0.935. The number of nitrogens with zero attached hydrogens (tertiary/aromatic N) is 1. The summed E-state index contributed by atoms with van der Waals surface area (Å²) in [5.41, 5.74) is 1.21. The quantitative estimate of drug-likeness (QED) is 0.783. The average Bonchev–Trinajstić information content (AvgIpc) is 3.42. The van der Waals surface area contributed by atoms with Crippen LogP contribution < -0.4 is 5.32 Å². The lowest BCUT2D eigenvalue weighted by Gasteiger charge is -2.22. The first-order chi connectivity index (χ1) is 13.0. The lowest BCUT2D eigenvalue weighted by Crippen LogP contribution is -2.36.